The average Bonchev–Trinajstić information content (AvgIpc) is 2.82. The van der Waals surface area contributed by atoms with E-state index >= 15 is 0 Å². The quantitative estimate of drug-likeness (QED) is 0.624. The number of carbonyl (C=O) groups is 2. The Morgan fingerprint density at radius 3 is 1.97 bits per heavy atom. The summed E-state index contributed by atoms with van der Waals surface area (Å²) in [7, 11) is -3.73. The predicted octanol–water partition coefficient (Wildman–Crippen LogP) is 3.77. The third kappa shape index (κ3) is 5.67. The van der Waals surface area contributed by atoms with Gasteiger partial charge in [0.2, 0.25) is 21.8 Å². The van der Waals surface area contributed by atoms with Gasteiger partial charge in [-0.25, -0.2) is 13.1 Å². The lowest BCUT2D eigenvalue weighted by atomic mass is 9.95. The lowest BCUT2D eigenvalue weighted by Gasteiger charge is -2.31. The number of anilines is 1. The second-order valence-electron chi connectivity index (χ2n) is 9.11. The number of nitrogens with one attached hydrogen (secondary N) is 2. The highest BCUT2D eigenvalue weighted by molar-refractivity contribution is 7.89. The van der Waals surface area contributed by atoms with Gasteiger partial charge in [-0.3, -0.25) is 9.59 Å². The summed E-state index contributed by atoms with van der Waals surface area (Å²) in [4.78, 5) is 27.2. The molecule has 184 valence electrons. The number of hydrogen-bond acceptors (Lipinski definition) is 4. The van der Waals surface area contributed by atoms with Gasteiger partial charge in [-0.15, -0.1) is 0 Å². The van der Waals surface area contributed by atoms with Gasteiger partial charge >= 0.3 is 0 Å². The van der Waals surface area contributed by atoms with Crippen LogP contribution in [-0.2, 0) is 19.6 Å². The summed E-state index contributed by atoms with van der Waals surface area (Å²) < 4.78 is 28.7. The molecule has 8 heteroatoms. The summed E-state index contributed by atoms with van der Waals surface area (Å²) in [5.41, 5.74) is 5.30. The molecule has 0 atom stereocenters. The minimum atomic E-state index is -3.73. The lowest BCUT2D eigenvalue weighted by Crippen LogP contribution is -2.42. The summed E-state index contributed by atoms with van der Waals surface area (Å²) in [6.45, 7) is 10.5. The Labute approximate surface area is 203 Å². The number of benzene rings is 2. The number of carbonyl (C=O) groups excluding carboxylic acids is 2. The summed E-state index contributed by atoms with van der Waals surface area (Å²) in [6, 6.07) is 9.33. The van der Waals surface area contributed by atoms with Crippen LogP contribution in [0.3, 0.4) is 0 Å². The molecule has 0 unspecified atom stereocenters. The Hall–Kier alpha value is -2.71. The summed E-state index contributed by atoms with van der Waals surface area (Å²) >= 11 is 0. The molecule has 7 nitrogen and oxygen atoms in total. The van der Waals surface area contributed by atoms with Gasteiger partial charge in [0.1, 0.15) is 0 Å². The number of likely N-dealkylation sites (tertiary alicyclic amines) is 1. The van der Waals surface area contributed by atoms with Gasteiger partial charge in [-0.1, -0.05) is 18.2 Å². The molecule has 0 radical (unpaired) electrons. The molecule has 3 rings (SSSR count). The molecule has 2 aromatic carbocycles. The Kier molecular flexibility index (Phi) is 8.15. The van der Waals surface area contributed by atoms with E-state index in [9.17, 15) is 18.0 Å². The highest BCUT2D eigenvalue weighted by atomic mass is 32.2. The zero-order chi connectivity index (χ0) is 25.0. The first-order valence-corrected chi connectivity index (χ1v) is 13.2. The van der Waals surface area contributed by atoms with Crippen molar-refractivity contribution in [3.8, 4) is 0 Å². The fourth-order valence-electron chi connectivity index (χ4n) is 4.55. The van der Waals surface area contributed by atoms with E-state index in [2.05, 4.69) is 10.0 Å². The van der Waals surface area contributed by atoms with E-state index < -0.39 is 10.0 Å². The molecule has 1 heterocycles. The molecule has 0 bridgehead atoms. The molecule has 0 spiro atoms. The van der Waals surface area contributed by atoms with Gasteiger partial charge in [0.25, 0.3) is 0 Å². The fourth-order valence-corrected chi connectivity index (χ4v) is 6.18. The van der Waals surface area contributed by atoms with E-state index in [1.165, 1.54) is 0 Å². The molecule has 2 amide bonds. The zero-order valence-electron chi connectivity index (χ0n) is 20.7. The Morgan fingerprint density at radius 1 is 0.882 bits per heavy atom. The SMILES string of the molecule is Cc1c(C)c(C)c(S(=O)(=O)NCCC(=O)N2CCC(C(=O)Nc3ccccc3)CC2)c(C)c1C. The zero-order valence-corrected chi connectivity index (χ0v) is 21.5. The van der Waals surface area contributed by atoms with E-state index in [0.29, 0.717) is 30.8 Å². The molecule has 1 fully saturated rings. The third-order valence-electron chi connectivity index (χ3n) is 7.09. The molecule has 0 saturated carbocycles. The monoisotopic (exact) mass is 485 g/mol. The summed E-state index contributed by atoms with van der Waals surface area (Å²) in [6.07, 6.45) is 1.27. The van der Waals surface area contributed by atoms with Gasteiger partial charge in [0.15, 0.2) is 0 Å². The maximum atomic E-state index is 13.0. The molecule has 0 aromatic heterocycles. The van der Waals surface area contributed by atoms with Crippen LogP contribution in [-0.4, -0.2) is 44.8 Å². The van der Waals surface area contributed by atoms with Crippen molar-refractivity contribution in [2.75, 3.05) is 25.0 Å². The van der Waals surface area contributed by atoms with Gasteiger partial charge < -0.3 is 10.2 Å². The number of nitrogens with zero attached hydrogens (tertiary/aromatic N) is 1. The first-order valence-electron chi connectivity index (χ1n) is 11.7. The molecule has 2 N–H and O–H groups in total. The van der Waals surface area contributed by atoms with Crippen LogP contribution in [0.5, 0.6) is 0 Å². The third-order valence-corrected chi connectivity index (χ3v) is 8.82. The van der Waals surface area contributed by atoms with Crippen molar-refractivity contribution in [3.05, 3.63) is 58.1 Å². The van der Waals surface area contributed by atoms with E-state index in [1.54, 1.807) is 4.90 Å². The van der Waals surface area contributed by atoms with Crippen LogP contribution in [0.1, 0.15) is 47.1 Å². The van der Waals surface area contributed by atoms with Crippen LogP contribution in [0.25, 0.3) is 0 Å². The normalized spacial score (nSPS) is 14.8. The van der Waals surface area contributed by atoms with Crippen LogP contribution in [0.4, 0.5) is 5.69 Å². The van der Waals surface area contributed by atoms with Gasteiger partial charge in [0, 0.05) is 37.7 Å². The number of rotatable bonds is 7. The van der Waals surface area contributed by atoms with Crippen molar-refractivity contribution >= 4 is 27.5 Å². The largest absolute Gasteiger partial charge is 0.343 e. The average molecular weight is 486 g/mol. The smallest absolute Gasteiger partial charge is 0.241 e. The lowest BCUT2D eigenvalue weighted by molar-refractivity contribution is -0.134. The van der Waals surface area contributed by atoms with Crippen LogP contribution in [0.2, 0.25) is 0 Å². The van der Waals surface area contributed by atoms with Gasteiger partial charge in [-0.05, 0) is 87.4 Å². The van der Waals surface area contributed by atoms with Gasteiger partial charge in [0.05, 0.1) is 4.90 Å². The second kappa shape index (κ2) is 10.7. The molecule has 2 aromatic rings. The molecule has 1 saturated heterocycles. The number of piperidine rings is 1. The number of amides is 2. The maximum Gasteiger partial charge on any atom is 0.241 e. The Balaban J connectivity index is 1.52. The maximum absolute atomic E-state index is 13.0. The van der Waals surface area contributed by atoms with Crippen LogP contribution >= 0.6 is 0 Å². The minimum Gasteiger partial charge on any atom is -0.343 e. The first kappa shape index (κ1) is 25.9. The topological polar surface area (TPSA) is 95.6 Å². The summed E-state index contributed by atoms with van der Waals surface area (Å²) in [5.74, 6) is -0.267. The van der Waals surface area contributed by atoms with E-state index in [1.807, 2.05) is 65.0 Å². The fraction of sp³-hybridized carbons (Fsp3) is 0.462. The number of para-hydroxylation sites is 1. The Morgan fingerprint density at radius 2 is 1.41 bits per heavy atom. The van der Waals surface area contributed by atoms with Crippen molar-refractivity contribution in [1.29, 1.82) is 0 Å². The molecule has 34 heavy (non-hydrogen) atoms. The molecular weight excluding hydrogens is 450 g/mol. The minimum absolute atomic E-state index is 0.0273. The van der Waals surface area contributed by atoms with Gasteiger partial charge in [-0.2, -0.15) is 0 Å². The van der Waals surface area contributed by atoms with E-state index in [4.69, 9.17) is 0 Å². The van der Waals surface area contributed by atoms with Crippen LogP contribution < -0.4 is 10.0 Å². The standard InChI is InChI=1S/C26H35N3O4S/c1-17-18(2)20(4)25(21(5)19(17)3)34(32,33)27-14-11-24(30)29-15-12-22(13-16-29)26(31)28-23-9-7-6-8-10-23/h6-10,22,27H,11-16H2,1-5H3,(H,28,31). The summed E-state index contributed by atoms with van der Waals surface area (Å²) in [5, 5.41) is 2.92. The van der Waals surface area contributed by atoms with Crippen LogP contribution in [0.15, 0.2) is 35.2 Å². The number of hydrogen-bond donors (Lipinski definition) is 2. The highest BCUT2D eigenvalue weighted by Crippen LogP contribution is 2.29. The van der Waals surface area contributed by atoms with Crippen molar-refractivity contribution in [2.45, 2.75) is 58.8 Å². The molecule has 0 aliphatic carbocycles. The second-order valence-corrected chi connectivity index (χ2v) is 10.8. The van der Waals surface area contributed by atoms with E-state index in [0.717, 1.165) is 33.5 Å². The first-order chi connectivity index (χ1) is 16.0. The highest BCUT2D eigenvalue weighted by Gasteiger charge is 2.28. The van der Waals surface area contributed by atoms with Crippen LogP contribution in [0, 0.1) is 40.5 Å². The van der Waals surface area contributed by atoms with Crippen molar-refractivity contribution in [1.82, 2.24) is 9.62 Å². The van der Waals surface area contributed by atoms with Crippen molar-refractivity contribution < 1.29 is 18.0 Å². The molecule has 1 aliphatic heterocycles. The number of sulfonamides is 1. The molecular formula is C26H35N3O4S. The molecule has 1 aliphatic rings. The predicted molar refractivity (Wildman–Crippen MR) is 134 cm³/mol. The van der Waals surface area contributed by atoms with E-state index in [-0.39, 0.29) is 30.7 Å². The van der Waals surface area contributed by atoms with Crippen molar-refractivity contribution in [2.24, 2.45) is 5.92 Å². The Bertz CT molecular complexity index is 1140. The van der Waals surface area contributed by atoms with Crippen molar-refractivity contribution in [3.63, 3.8) is 0 Å².